The van der Waals surface area contributed by atoms with Crippen LogP contribution in [0.4, 0.5) is 5.69 Å². The van der Waals surface area contributed by atoms with Gasteiger partial charge in [-0.25, -0.2) is 0 Å². The molecule has 0 fully saturated rings. The standard InChI is InChI=1S/C25H26N2O3S/c1-3-17-8-6-9-18(16-17)26-24(28)22-19-10-4-5-11-20(19)25(29)27(13-14-30-2)23(22)21-12-7-15-31-21/h4-12,15-16,22-23H,3,13-14H2,1-2H3,(H,26,28)/t22-,23-/m1/s1. The number of ether oxygens (including phenoxy) is 1. The highest BCUT2D eigenvalue weighted by molar-refractivity contribution is 7.10. The van der Waals surface area contributed by atoms with Crippen molar-refractivity contribution in [1.29, 1.82) is 0 Å². The summed E-state index contributed by atoms with van der Waals surface area (Å²) in [6.07, 6.45) is 0.896. The highest BCUT2D eigenvalue weighted by atomic mass is 32.1. The molecule has 2 heterocycles. The zero-order chi connectivity index (χ0) is 21.8. The van der Waals surface area contributed by atoms with Crippen LogP contribution in [0.5, 0.6) is 0 Å². The first kappa shape index (κ1) is 21.3. The summed E-state index contributed by atoms with van der Waals surface area (Å²) in [4.78, 5) is 29.8. The van der Waals surface area contributed by atoms with Gasteiger partial charge in [0.15, 0.2) is 0 Å². The lowest BCUT2D eigenvalue weighted by Crippen LogP contribution is -2.47. The predicted molar refractivity (Wildman–Crippen MR) is 124 cm³/mol. The zero-order valence-corrected chi connectivity index (χ0v) is 18.5. The van der Waals surface area contributed by atoms with Crippen molar-refractivity contribution in [2.24, 2.45) is 0 Å². The normalized spacial score (nSPS) is 18.0. The molecule has 2 atom stereocenters. The Kier molecular flexibility index (Phi) is 6.49. The highest BCUT2D eigenvalue weighted by Crippen LogP contribution is 2.44. The van der Waals surface area contributed by atoms with E-state index in [1.807, 2.05) is 60.0 Å². The summed E-state index contributed by atoms with van der Waals surface area (Å²) in [6.45, 7) is 2.91. The number of carbonyl (C=O) groups excluding carboxylic acids is 2. The summed E-state index contributed by atoms with van der Waals surface area (Å²) in [7, 11) is 1.62. The summed E-state index contributed by atoms with van der Waals surface area (Å²) in [5.74, 6) is -0.702. The Morgan fingerprint density at radius 1 is 1.13 bits per heavy atom. The summed E-state index contributed by atoms with van der Waals surface area (Å²) in [5, 5.41) is 5.09. The fourth-order valence-electron chi connectivity index (χ4n) is 4.18. The van der Waals surface area contributed by atoms with Crippen LogP contribution in [0, 0.1) is 0 Å². The number of rotatable bonds is 7. The van der Waals surface area contributed by atoms with Gasteiger partial charge in [-0.2, -0.15) is 0 Å². The van der Waals surface area contributed by atoms with Crippen molar-refractivity contribution < 1.29 is 14.3 Å². The molecule has 2 aromatic carbocycles. The van der Waals surface area contributed by atoms with Crippen molar-refractivity contribution in [1.82, 2.24) is 4.90 Å². The van der Waals surface area contributed by atoms with Crippen LogP contribution in [0.25, 0.3) is 0 Å². The van der Waals surface area contributed by atoms with Gasteiger partial charge in [0.2, 0.25) is 5.91 Å². The quantitative estimate of drug-likeness (QED) is 0.577. The number of nitrogens with zero attached hydrogens (tertiary/aromatic N) is 1. The Morgan fingerprint density at radius 3 is 2.71 bits per heavy atom. The van der Waals surface area contributed by atoms with E-state index >= 15 is 0 Å². The maximum Gasteiger partial charge on any atom is 0.254 e. The highest BCUT2D eigenvalue weighted by Gasteiger charge is 2.44. The van der Waals surface area contributed by atoms with Gasteiger partial charge < -0.3 is 15.0 Å². The van der Waals surface area contributed by atoms with Crippen LogP contribution in [0.1, 0.15) is 45.2 Å². The van der Waals surface area contributed by atoms with Crippen LogP contribution in [0.2, 0.25) is 0 Å². The van der Waals surface area contributed by atoms with Crippen molar-refractivity contribution in [2.45, 2.75) is 25.3 Å². The second-order valence-electron chi connectivity index (χ2n) is 7.56. The monoisotopic (exact) mass is 434 g/mol. The minimum Gasteiger partial charge on any atom is -0.383 e. The molecule has 0 aliphatic carbocycles. The van der Waals surface area contributed by atoms with Gasteiger partial charge in [-0.15, -0.1) is 11.3 Å². The molecule has 0 saturated heterocycles. The molecule has 6 heteroatoms. The molecule has 3 aromatic rings. The second-order valence-corrected chi connectivity index (χ2v) is 8.54. The maximum atomic E-state index is 13.7. The average Bonchev–Trinajstić information content (AvgIpc) is 3.33. The third kappa shape index (κ3) is 4.27. The molecule has 5 nitrogen and oxygen atoms in total. The Balaban J connectivity index is 1.78. The largest absolute Gasteiger partial charge is 0.383 e. The van der Waals surface area contributed by atoms with E-state index in [0.717, 1.165) is 28.1 Å². The fourth-order valence-corrected chi connectivity index (χ4v) is 5.05. The molecule has 2 amide bonds. The molecule has 31 heavy (non-hydrogen) atoms. The SMILES string of the molecule is CCc1cccc(NC(=O)[C@@H]2c3ccccc3C(=O)N(CCOC)[C@@H]2c2cccs2)c1. The van der Waals surface area contributed by atoms with Crippen LogP contribution in [0.3, 0.4) is 0 Å². The summed E-state index contributed by atoms with van der Waals surface area (Å²) >= 11 is 1.56. The van der Waals surface area contributed by atoms with E-state index < -0.39 is 5.92 Å². The molecular formula is C25H26N2O3S. The number of thiophene rings is 1. The van der Waals surface area contributed by atoms with E-state index in [0.29, 0.717) is 18.7 Å². The number of amides is 2. The predicted octanol–water partition coefficient (Wildman–Crippen LogP) is 4.88. The molecule has 160 valence electrons. The molecule has 0 saturated carbocycles. The number of anilines is 1. The van der Waals surface area contributed by atoms with E-state index in [1.165, 1.54) is 0 Å². The van der Waals surface area contributed by atoms with Crippen LogP contribution >= 0.6 is 11.3 Å². The summed E-state index contributed by atoms with van der Waals surface area (Å²) in [5.41, 5.74) is 3.28. The number of aryl methyl sites for hydroxylation is 1. The zero-order valence-electron chi connectivity index (χ0n) is 17.7. The lowest BCUT2D eigenvalue weighted by molar-refractivity contribution is -0.119. The van der Waals surface area contributed by atoms with Gasteiger partial charge in [-0.05, 0) is 47.2 Å². The lowest BCUT2D eigenvalue weighted by atomic mass is 9.81. The molecular weight excluding hydrogens is 408 g/mol. The lowest BCUT2D eigenvalue weighted by Gasteiger charge is -2.41. The third-order valence-electron chi connectivity index (χ3n) is 5.69. The number of carbonyl (C=O) groups is 2. The molecule has 1 aliphatic rings. The molecule has 0 radical (unpaired) electrons. The average molecular weight is 435 g/mol. The van der Waals surface area contributed by atoms with Crippen molar-refractivity contribution in [3.8, 4) is 0 Å². The van der Waals surface area contributed by atoms with Gasteiger partial charge in [0.05, 0.1) is 18.6 Å². The van der Waals surface area contributed by atoms with Crippen LogP contribution in [-0.4, -0.2) is 37.0 Å². The van der Waals surface area contributed by atoms with Crippen molar-refractivity contribution in [3.05, 3.63) is 87.6 Å². The van der Waals surface area contributed by atoms with Gasteiger partial charge in [0.1, 0.15) is 0 Å². The van der Waals surface area contributed by atoms with Gasteiger partial charge in [0.25, 0.3) is 5.91 Å². The summed E-state index contributed by atoms with van der Waals surface area (Å²) < 4.78 is 5.27. The van der Waals surface area contributed by atoms with Crippen LogP contribution in [0.15, 0.2) is 66.0 Å². The maximum absolute atomic E-state index is 13.7. The molecule has 0 unspecified atom stereocenters. The first-order valence-corrected chi connectivity index (χ1v) is 11.3. The number of benzene rings is 2. The first-order valence-electron chi connectivity index (χ1n) is 10.5. The number of methoxy groups -OCH3 is 1. The summed E-state index contributed by atoms with van der Waals surface area (Å²) in [6, 6.07) is 18.9. The van der Waals surface area contributed by atoms with Gasteiger partial charge in [-0.3, -0.25) is 9.59 Å². The third-order valence-corrected chi connectivity index (χ3v) is 6.64. The number of hydrogen-bond acceptors (Lipinski definition) is 4. The molecule has 1 N–H and O–H groups in total. The second kappa shape index (κ2) is 9.45. The molecule has 4 rings (SSSR count). The molecule has 1 aromatic heterocycles. The molecule has 0 spiro atoms. The van der Waals surface area contributed by atoms with E-state index in [4.69, 9.17) is 4.74 Å². The van der Waals surface area contributed by atoms with Crippen molar-refractivity contribution in [2.75, 3.05) is 25.6 Å². The van der Waals surface area contributed by atoms with E-state index in [1.54, 1.807) is 29.4 Å². The van der Waals surface area contributed by atoms with Gasteiger partial charge in [0, 0.05) is 29.8 Å². The van der Waals surface area contributed by atoms with Gasteiger partial charge >= 0.3 is 0 Å². The number of nitrogens with one attached hydrogen (secondary N) is 1. The van der Waals surface area contributed by atoms with Crippen molar-refractivity contribution >= 4 is 28.8 Å². The number of fused-ring (bicyclic) bond motifs is 1. The Hall–Kier alpha value is -2.96. The first-order chi connectivity index (χ1) is 15.1. The van der Waals surface area contributed by atoms with Crippen LogP contribution < -0.4 is 5.32 Å². The molecule has 1 aliphatic heterocycles. The van der Waals surface area contributed by atoms with Crippen LogP contribution in [-0.2, 0) is 16.0 Å². The minimum atomic E-state index is -0.519. The number of hydrogen-bond donors (Lipinski definition) is 1. The van der Waals surface area contributed by atoms with Crippen molar-refractivity contribution in [3.63, 3.8) is 0 Å². The smallest absolute Gasteiger partial charge is 0.254 e. The molecule has 0 bridgehead atoms. The van der Waals surface area contributed by atoms with E-state index in [9.17, 15) is 9.59 Å². The topological polar surface area (TPSA) is 58.6 Å². The Bertz CT molecular complexity index is 1060. The Labute approximate surface area is 186 Å². The fraction of sp³-hybridized carbons (Fsp3) is 0.280. The minimum absolute atomic E-state index is 0.0666. The van der Waals surface area contributed by atoms with E-state index in [-0.39, 0.29) is 17.9 Å². The van der Waals surface area contributed by atoms with E-state index in [2.05, 4.69) is 12.2 Å². The van der Waals surface area contributed by atoms with Gasteiger partial charge in [-0.1, -0.05) is 43.3 Å². The Morgan fingerprint density at radius 2 is 1.97 bits per heavy atom.